The van der Waals surface area contributed by atoms with Gasteiger partial charge in [0, 0.05) is 63.7 Å². The van der Waals surface area contributed by atoms with Crippen molar-refractivity contribution in [1.82, 2.24) is 0 Å². The van der Waals surface area contributed by atoms with Crippen LogP contribution in [0.25, 0.3) is 72.3 Å². The Kier molecular flexibility index (Phi) is 18.0. The molecule has 13 aromatic carbocycles. The maximum atomic E-state index is 6.34. The van der Waals surface area contributed by atoms with Gasteiger partial charge in [0.25, 0.3) is 0 Å². The van der Waals surface area contributed by atoms with Crippen LogP contribution in [-0.4, -0.2) is 18.3 Å². The van der Waals surface area contributed by atoms with Crippen molar-refractivity contribution in [3.8, 4) is 66.8 Å². The molecule has 5 aliphatic carbocycles. The van der Waals surface area contributed by atoms with Crippen LogP contribution in [0.15, 0.2) is 324 Å². The van der Waals surface area contributed by atoms with E-state index in [0.29, 0.717) is 0 Å². The first-order valence-electron chi connectivity index (χ1n) is 36.6. The lowest BCUT2D eigenvalue weighted by Crippen LogP contribution is -2.41. The van der Waals surface area contributed by atoms with E-state index >= 15 is 0 Å². The average Bonchev–Trinajstić information content (AvgIpc) is 1.39. The Balaban J connectivity index is 0.000000131. The molecule has 19 rings (SSSR count). The predicted octanol–water partition coefficient (Wildman–Crippen LogP) is 26.9. The predicted molar refractivity (Wildman–Crippen MR) is 460 cm³/mol. The molecule has 106 heavy (non-hydrogen) atoms. The highest BCUT2D eigenvalue weighted by atomic mass is 127. The van der Waals surface area contributed by atoms with Crippen molar-refractivity contribution >= 4 is 107 Å². The van der Waals surface area contributed by atoms with E-state index in [1.807, 2.05) is 6.08 Å². The largest absolute Gasteiger partial charge is 0.494 e. The average molecular weight is 1610 g/mol. The second-order valence-corrected chi connectivity index (χ2v) is 33.7. The zero-order chi connectivity index (χ0) is 72.8. The molecule has 0 atom stereocenters. The summed E-state index contributed by atoms with van der Waals surface area (Å²) in [6.07, 6.45) is 11.7. The van der Waals surface area contributed by atoms with Gasteiger partial charge in [0.15, 0.2) is 0 Å². The van der Waals surface area contributed by atoms with E-state index in [2.05, 4.69) is 429 Å². The van der Waals surface area contributed by atoms with Crippen molar-refractivity contribution in [1.29, 1.82) is 0 Å². The van der Waals surface area contributed by atoms with E-state index < -0.39 is 7.12 Å². The third-order valence-corrected chi connectivity index (χ3v) is 24.5. The smallest absolute Gasteiger partial charge is 0.399 e. The second-order valence-electron chi connectivity index (χ2n) is 30.6. The fourth-order valence-electron chi connectivity index (χ4n) is 16.3. The summed E-state index contributed by atoms with van der Waals surface area (Å²) in [6, 6.07) is 106. The number of anilines is 6. The van der Waals surface area contributed by atoms with Crippen molar-refractivity contribution in [2.24, 2.45) is 0 Å². The Morgan fingerprint density at radius 2 is 0.745 bits per heavy atom. The van der Waals surface area contributed by atoms with Crippen LogP contribution < -0.4 is 15.3 Å². The Labute approximate surface area is 655 Å². The van der Waals surface area contributed by atoms with Gasteiger partial charge in [0.05, 0.1) is 33.8 Å². The molecule has 8 heteroatoms. The molecule has 1 aliphatic heterocycles. The van der Waals surface area contributed by atoms with E-state index in [9.17, 15) is 0 Å². The van der Waals surface area contributed by atoms with E-state index in [-0.39, 0.29) is 22.0 Å². The second kappa shape index (κ2) is 27.6. The summed E-state index contributed by atoms with van der Waals surface area (Å²) in [4.78, 5) is 4.74. The van der Waals surface area contributed by atoms with Crippen LogP contribution in [0, 0.1) is 9.65 Å². The first kappa shape index (κ1) is 69.3. The first-order chi connectivity index (χ1) is 51.2. The van der Waals surface area contributed by atoms with Crippen molar-refractivity contribution in [3.63, 3.8) is 0 Å². The molecule has 0 bridgehead atoms. The minimum Gasteiger partial charge on any atom is -0.399 e. The minimum atomic E-state index is -0.395. The molecule has 13 aromatic rings. The van der Waals surface area contributed by atoms with Crippen LogP contribution in [0.1, 0.15) is 99.9 Å². The van der Waals surface area contributed by atoms with Crippen molar-refractivity contribution < 1.29 is 9.31 Å². The number of hydrogen-bond acceptors (Lipinski definition) is 4. The summed E-state index contributed by atoms with van der Waals surface area (Å²) in [5, 5.41) is 0. The van der Waals surface area contributed by atoms with E-state index in [1.54, 1.807) is 0 Å². The number of fused-ring (bicyclic) bond motifs is 11. The molecule has 516 valence electrons. The molecule has 0 unspecified atom stereocenters. The fraction of sp³-hybridized carbons (Fsp3) is 0.143. The van der Waals surface area contributed by atoms with Gasteiger partial charge in [-0.15, -0.1) is 0 Å². The molecule has 4 nitrogen and oxygen atoms in total. The van der Waals surface area contributed by atoms with Crippen LogP contribution in [-0.2, 0) is 33.0 Å². The Morgan fingerprint density at radius 1 is 0.349 bits per heavy atom. The lowest BCUT2D eigenvalue weighted by atomic mass is 9.79. The van der Waals surface area contributed by atoms with Gasteiger partial charge in [-0.05, 0) is 309 Å². The zero-order valence-electron chi connectivity index (χ0n) is 60.8. The summed E-state index contributed by atoms with van der Waals surface area (Å²) in [5.41, 5.74) is 36.0. The molecule has 6 aliphatic rings. The van der Waals surface area contributed by atoms with Gasteiger partial charge in [-0.25, -0.2) is 0 Å². The highest BCUT2D eigenvalue weighted by Gasteiger charge is 2.52. The normalized spacial score (nSPS) is 15.4. The maximum Gasteiger partial charge on any atom is 0.494 e. The number of nitrogens with zero attached hydrogens (tertiary/aromatic N) is 2. The quantitative estimate of drug-likeness (QED) is 0.0774. The SMILES string of the molecule is Brc1ccc2c(c1)-c1cc(I)ccc1C2.CC1(C)C2=C(C=C[C+]=C2)c2ccc(N(c3ccc(B4OC(C)(C)C(C)(C)O4)cc3)c3ccc(-c4ccccc4)cc3)cc21.CC1(C)c2ccccc2-c2ccc(N(c3ccc(-c4ccccc4)cc3)c3ccc(-c4ccc5c(c4)-c4cc(Br)ccc4C5)cc3)cc21. The van der Waals surface area contributed by atoms with Crippen LogP contribution in [0.3, 0.4) is 0 Å². The van der Waals surface area contributed by atoms with Gasteiger partial charge in [-0.3, -0.25) is 0 Å². The molecular formula is C98H79BBr2IN2O2+. The molecule has 0 N–H and O–H groups in total. The highest BCUT2D eigenvalue weighted by molar-refractivity contribution is 14.1. The van der Waals surface area contributed by atoms with E-state index in [1.165, 1.54) is 126 Å². The monoisotopic (exact) mass is 1610 g/mol. The van der Waals surface area contributed by atoms with Crippen LogP contribution >= 0.6 is 54.5 Å². The Hall–Kier alpha value is -9.74. The zero-order valence-corrected chi connectivity index (χ0v) is 66.1. The third-order valence-electron chi connectivity index (χ3n) is 22.9. The lowest BCUT2D eigenvalue weighted by Gasteiger charge is -2.32. The maximum absolute atomic E-state index is 6.34. The summed E-state index contributed by atoms with van der Waals surface area (Å²) in [7, 11) is -0.395. The molecule has 0 amide bonds. The molecule has 0 aromatic heterocycles. The number of rotatable bonds is 10. The Morgan fingerprint density at radius 3 is 1.27 bits per heavy atom. The lowest BCUT2D eigenvalue weighted by molar-refractivity contribution is 0.00578. The summed E-state index contributed by atoms with van der Waals surface area (Å²) in [6.45, 7) is 17.7. The molecule has 0 saturated carbocycles. The van der Waals surface area contributed by atoms with Gasteiger partial charge in [-0.1, -0.05) is 216 Å². The van der Waals surface area contributed by atoms with Gasteiger partial charge in [0.2, 0.25) is 0 Å². The topological polar surface area (TPSA) is 24.9 Å². The molecule has 0 radical (unpaired) electrons. The van der Waals surface area contributed by atoms with Crippen molar-refractivity contribution in [2.75, 3.05) is 9.80 Å². The standard InChI is InChI=1S/C46H34BrN.C39H37BNO2.C13H8BrI/c1-46(2)44-11-7-6-10-40(44)41-25-24-39(29-45(41)46)48(37-20-15-31(16-21-37)30-8-4-3-5-9-30)38-22-17-32(18-23-38)33-12-13-34-26-35-14-19-36(47)28-43(35)42(34)27-33;1-37(2)35-15-11-10-14-33(35)34-25-24-32(26-36(34)37)41(30-20-16-28(17-21-30)27-12-8-7-9-13-27)31-22-18-29(19-23-31)40-42-38(3,4)39(5,6)43-40;14-10-3-1-8-5-9-2-4-11(15)7-13(9)12(8)6-10/h3-25,27-29H,26H2,1-2H3;7-10,12-26H,1-6H3;1-4,6-7H,5H2/q;+1;. The number of allylic oxidation sites excluding steroid dienone is 6. The molecule has 1 saturated heterocycles. The van der Waals surface area contributed by atoms with Gasteiger partial charge in [-0.2, -0.15) is 0 Å². The number of benzene rings is 13. The number of halogens is 3. The summed E-state index contributed by atoms with van der Waals surface area (Å²) >= 11 is 9.58. The van der Waals surface area contributed by atoms with E-state index in [4.69, 9.17) is 9.31 Å². The van der Waals surface area contributed by atoms with Gasteiger partial charge >= 0.3 is 7.12 Å². The fourth-order valence-corrected chi connectivity index (χ4v) is 17.6. The van der Waals surface area contributed by atoms with Crippen LogP contribution in [0.4, 0.5) is 34.1 Å². The number of hydrogen-bond donors (Lipinski definition) is 0. The van der Waals surface area contributed by atoms with Crippen molar-refractivity contribution in [2.45, 2.75) is 90.3 Å². The minimum absolute atomic E-state index is 0.0730. The van der Waals surface area contributed by atoms with Crippen LogP contribution in [0.5, 0.6) is 0 Å². The third kappa shape index (κ3) is 12.8. The Bertz CT molecular complexity index is 5620. The molecule has 1 fully saturated rings. The van der Waals surface area contributed by atoms with Crippen LogP contribution in [0.2, 0.25) is 0 Å². The van der Waals surface area contributed by atoms with Gasteiger partial charge < -0.3 is 19.1 Å². The molecule has 0 spiro atoms. The summed E-state index contributed by atoms with van der Waals surface area (Å²) in [5.74, 6) is 0. The molecule has 1 heterocycles. The first-order valence-corrected chi connectivity index (χ1v) is 39.3. The highest BCUT2D eigenvalue weighted by Crippen LogP contribution is 2.53. The van der Waals surface area contributed by atoms with Gasteiger partial charge in [0.1, 0.15) is 12.2 Å². The van der Waals surface area contributed by atoms with E-state index in [0.717, 1.165) is 61.4 Å². The van der Waals surface area contributed by atoms with Crippen molar-refractivity contribution in [3.05, 3.63) is 378 Å². The molecular weight excluding hydrogens is 1530 g/mol. The summed E-state index contributed by atoms with van der Waals surface area (Å²) < 4.78 is 16.3.